The highest BCUT2D eigenvalue weighted by atomic mass is 16.5. The van der Waals surface area contributed by atoms with E-state index in [0.29, 0.717) is 11.3 Å². The molecule has 1 aromatic rings. The third kappa shape index (κ3) is 3.85. The lowest BCUT2D eigenvalue weighted by atomic mass is 9.81. The highest BCUT2D eigenvalue weighted by molar-refractivity contribution is 5.90. The van der Waals surface area contributed by atoms with E-state index in [1.54, 1.807) is 36.2 Å². The number of hydrogen-bond donors (Lipinski definition) is 1. The maximum atomic E-state index is 12.5. The third-order valence-electron chi connectivity index (χ3n) is 4.63. The van der Waals surface area contributed by atoms with E-state index in [1.807, 2.05) is 0 Å². The number of anilines is 1. The normalized spacial score (nSPS) is 15.9. The van der Waals surface area contributed by atoms with Crippen molar-refractivity contribution in [2.75, 3.05) is 26.0 Å². The van der Waals surface area contributed by atoms with Crippen LogP contribution in [0.15, 0.2) is 24.3 Å². The number of amides is 1. The standard InChI is InChI=1S/C18H23N3O3/c1-21(18(13-19)9-4-3-5-10-18)16(22)12-20-15-8-6-7-14(11-15)17(23)24-2/h6-8,11,20H,3-5,9-10,12H2,1-2H3. The number of rotatable bonds is 5. The van der Waals surface area contributed by atoms with Gasteiger partial charge < -0.3 is 15.0 Å². The van der Waals surface area contributed by atoms with E-state index in [-0.39, 0.29) is 12.5 Å². The first kappa shape index (κ1) is 17.8. The average Bonchev–Trinajstić information content (AvgIpc) is 2.65. The zero-order chi connectivity index (χ0) is 17.6. The second-order valence-corrected chi connectivity index (χ2v) is 6.08. The van der Waals surface area contributed by atoms with Crippen LogP contribution in [0.3, 0.4) is 0 Å². The van der Waals surface area contributed by atoms with Crippen LogP contribution < -0.4 is 5.32 Å². The molecular weight excluding hydrogens is 306 g/mol. The molecule has 0 bridgehead atoms. The molecule has 1 amide bonds. The number of carbonyl (C=O) groups is 2. The lowest BCUT2D eigenvalue weighted by molar-refractivity contribution is -0.132. The molecule has 24 heavy (non-hydrogen) atoms. The number of benzene rings is 1. The first-order chi connectivity index (χ1) is 11.5. The van der Waals surface area contributed by atoms with Crippen LogP contribution in [0.2, 0.25) is 0 Å². The number of likely N-dealkylation sites (N-methyl/N-ethyl adjacent to an activating group) is 1. The number of hydrogen-bond acceptors (Lipinski definition) is 5. The molecule has 1 aliphatic rings. The minimum Gasteiger partial charge on any atom is -0.465 e. The molecule has 1 aliphatic carbocycles. The van der Waals surface area contributed by atoms with Gasteiger partial charge in [0.1, 0.15) is 5.54 Å². The Hall–Kier alpha value is -2.55. The van der Waals surface area contributed by atoms with Gasteiger partial charge in [-0.3, -0.25) is 4.79 Å². The van der Waals surface area contributed by atoms with Gasteiger partial charge in [0.2, 0.25) is 5.91 Å². The van der Waals surface area contributed by atoms with Gasteiger partial charge in [0.15, 0.2) is 0 Å². The van der Waals surface area contributed by atoms with E-state index in [2.05, 4.69) is 16.1 Å². The minimum atomic E-state index is -0.690. The van der Waals surface area contributed by atoms with Gasteiger partial charge >= 0.3 is 5.97 Å². The predicted molar refractivity (Wildman–Crippen MR) is 90.5 cm³/mol. The molecule has 0 aliphatic heterocycles. The maximum Gasteiger partial charge on any atom is 0.337 e. The molecular formula is C18H23N3O3. The summed E-state index contributed by atoms with van der Waals surface area (Å²) >= 11 is 0. The van der Waals surface area contributed by atoms with Crippen LogP contribution in [-0.4, -0.2) is 43.0 Å². The topological polar surface area (TPSA) is 82.4 Å². The van der Waals surface area contributed by atoms with Crippen LogP contribution in [0.4, 0.5) is 5.69 Å². The fourth-order valence-corrected chi connectivity index (χ4v) is 3.07. The fourth-order valence-electron chi connectivity index (χ4n) is 3.07. The minimum absolute atomic E-state index is 0.0740. The Morgan fingerprint density at radius 2 is 2.04 bits per heavy atom. The van der Waals surface area contributed by atoms with Gasteiger partial charge in [-0.2, -0.15) is 5.26 Å². The van der Waals surface area contributed by atoms with Crippen molar-refractivity contribution >= 4 is 17.6 Å². The Kier molecular flexibility index (Phi) is 5.80. The first-order valence-electron chi connectivity index (χ1n) is 8.12. The molecule has 0 saturated heterocycles. The van der Waals surface area contributed by atoms with Gasteiger partial charge in [-0.05, 0) is 31.0 Å². The first-order valence-corrected chi connectivity index (χ1v) is 8.12. The van der Waals surface area contributed by atoms with E-state index in [9.17, 15) is 14.9 Å². The molecule has 6 heteroatoms. The molecule has 1 N–H and O–H groups in total. The molecule has 1 fully saturated rings. The summed E-state index contributed by atoms with van der Waals surface area (Å²) in [7, 11) is 3.02. The number of esters is 1. The van der Waals surface area contributed by atoms with Crippen molar-refractivity contribution < 1.29 is 14.3 Å². The summed E-state index contributed by atoms with van der Waals surface area (Å²) in [6, 6.07) is 9.13. The summed E-state index contributed by atoms with van der Waals surface area (Å²) in [6.45, 7) is 0.0740. The van der Waals surface area contributed by atoms with Crippen molar-refractivity contribution in [2.24, 2.45) is 0 Å². The second kappa shape index (κ2) is 7.82. The Balaban J connectivity index is 2.00. The van der Waals surface area contributed by atoms with E-state index >= 15 is 0 Å². The number of nitriles is 1. The largest absolute Gasteiger partial charge is 0.465 e. The molecule has 0 spiro atoms. The van der Waals surface area contributed by atoms with Crippen molar-refractivity contribution in [1.82, 2.24) is 4.90 Å². The highest BCUT2D eigenvalue weighted by Gasteiger charge is 2.38. The van der Waals surface area contributed by atoms with Gasteiger partial charge in [-0.25, -0.2) is 4.79 Å². The predicted octanol–water partition coefficient (Wildman–Crippen LogP) is 2.57. The van der Waals surface area contributed by atoms with Gasteiger partial charge in [0.25, 0.3) is 0 Å². The maximum absolute atomic E-state index is 12.5. The van der Waals surface area contributed by atoms with Gasteiger partial charge in [-0.1, -0.05) is 25.3 Å². The molecule has 6 nitrogen and oxygen atoms in total. The summed E-state index contributed by atoms with van der Waals surface area (Å²) in [5, 5.41) is 12.6. The Labute approximate surface area is 142 Å². The van der Waals surface area contributed by atoms with Crippen LogP contribution in [0, 0.1) is 11.3 Å². The second-order valence-electron chi connectivity index (χ2n) is 6.08. The summed E-state index contributed by atoms with van der Waals surface area (Å²) in [5.74, 6) is -0.561. The van der Waals surface area contributed by atoms with Crippen molar-refractivity contribution in [2.45, 2.75) is 37.6 Å². The van der Waals surface area contributed by atoms with Crippen molar-refractivity contribution in [1.29, 1.82) is 5.26 Å². The summed E-state index contributed by atoms with van der Waals surface area (Å²) in [4.78, 5) is 25.6. The van der Waals surface area contributed by atoms with Crippen molar-refractivity contribution in [3.8, 4) is 6.07 Å². The fraction of sp³-hybridized carbons (Fsp3) is 0.500. The molecule has 2 rings (SSSR count). The Bertz CT molecular complexity index is 645. The molecule has 0 unspecified atom stereocenters. The van der Waals surface area contributed by atoms with Gasteiger partial charge in [-0.15, -0.1) is 0 Å². The van der Waals surface area contributed by atoms with Crippen LogP contribution in [-0.2, 0) is 9.53 Å². The molecule has 0 aromatic heterocycles. The molecule has 0 radical (unpaired) electrons. The molecule has 1 aromatic carbocycles. The van der Waals surface area contributed by atoms with E-state index < -0.39 is 11.5 Å². The highest BCUT2D eigenvalue weighted by Crippen LogP contribution is 2.32. The van der Waals surface area contributed by atoms with Crippen LogP contribution in [0.25, 0.3) is 0 Å². The Morgan fingerprint density at radius 3 is 2.67 bits per heavy atom. The average molecular weight is 329 g/mol. The quantitative estimate of drug-likeness (QED) is 0.840. The zero-order valence-corrected chi connectivity index (χ0v) is 14.2. The lowest BCUT2D eigenvalue weighted by Crippen LogP contribution is -2.51. The van der Waals surface area contributed by atoms with Gasteiger partial charge in [0.05, 0.1) is 25.3 Å². The molecule has 0 atom stereocenters. The lowest BCUT2D eigenvalue weighted by Gasteiger charge is -2.39. The third-order valence-corrected chi connectivity index (χ3v) is 4.63. The number of nitrogens with one attached hydrogen (secondary N) is 1. The molecule has 0 heterocycles. The Morgan fingerprint density at radius 1 is 1.33 bits per heavy atom. The van der Waals surface area contributed by atoms with Crippen molar-refractivity contribution in [3.05, 3.63) is 29.8 Å². The zero-order valence-electron chi connectivity index (χ0n) is 14.2. The number of nitrogens with zero attached hydrogens (tertiary/aromatic N) is 2. The number of ether oxygens (including phenoxy) is 1. The number of methoxy groups -OCH3 is 1. The van der Waals surface area contributed by atoms with Crippen LogP contribution >= 0.6 is 0 Å². The van der Waals surface area contributed by atoms with Gasteiger partial charge in [0, 0.05) is 12.7 Å². The summed E-state index contributed by atoms with van der Waals surface area (Å²) < 4.78 is 4.68. The van der Waals surface area contributed by atoms with Crippen LogP contribution in [0.5, 0.6) is 0 Å². The van der Waals surface area contributed by atoms with E-state index in [4.69, 9.17) is 0 Å². The monoisotopic (exact) mass is 329 g/mol. The van der Waals surface area contributed by atoms with E-state index in [1.165, 1.54) is 7.11 Å². The number of carbonyl (C=O) groups excluding carboxylic acids is 2. The van der Waals surface area contributed by atoms with Crippen LogP contribution in [0.1, 0.15) is 42.5 Å². The molecule has 128 valence electrons. The molecule has 1 saturated carbocycles. The van der Waals surface area contributed by atoms with E-state index in [0.717, 1.165) is 32.1 Å². The summed E-state index contributed by atoms with van der Waals surface area (Å²) in [6.07, 6.45) is 4.51. The summed E-state index contributed by atoms with van der Waals surface area (Å²) in [5.41, 5.74) is 0.392. The van der Waals surface area contributed by atoms with Crippen molar-refractivity contribution in [3.63, 3.8) is 0 Å². The smallest absolute Gasteiger partial charge is 0.337 e. The SMILES string of the molecule is COC(=O)c1cccc(NCC(=O)N(C)C2(C#N)CCCCC2)c1.